The molecule has 0 saturated carbocycles. The fourth-order valence-electron chi connectivity index (χ4n) is 3.73. The number of piperazine rings is 1. The summed E-state index contributed by atoms with van der Waals surface area (Å²) in [4.78, 5) is 4.59. The normalized spacial score (nSPS) is 17.4. The van der Waals surface area contributed by atoms with Gasteiger partial charge in [0.15, 0.2) is 0 Å². The fourth-order valence-corrected chi connectivity index (χ4v) is 5.12. The van der Waals surface area contributed by atoms with Crippen molar-refractivity contribution in [1.82, 2.24) is 13.8 Å². The van der Waals surface area contributed by atoms with Crippen molar-refractivity contribution < 1.29 is 8.42 Å². The van der Waals surface area contributed by atoms with E-state index in [0.717, 1.165) is 37.1 Å². The van der Waals surface area contributed by atoms with E-state index in [1.54, 1.807) is 42.6 Å². The summed E-state index contributed by atoms with van der Waals surface area (Å²) in [6, 6.07) is 17.7. The molecule has 2 aromatic carbocycles. The molecule has 7 heteroatoms. The molecular formula is C21H22N4O2S. The van der Waals surface area contributed by atoms with Gasteiger partial charge in [-0.2, -0.15) is 5.26 Å². The molecule has 0 amide bonds. The summed E-state index contributed by atoms with van der Waals surface area (Å²) in [5.74, 6) is 0. The minimum absolute atomic E-state index is 0.232. The van der Waals surface area contributed by atoms with Crippen molar-refractivity contribution in [3.05, 3.63) is 66.4 Å². The van der Waals surface area contributed by atoms with Crippen LogP contribution in [0.3, 0.4) is 0 Å². The molecule has 2 heterocycles. The average Bonchev–Trinajstić information content (AvgIpc) is 3.11. The van der Waals surface area contributed by atoms with Crippen molar-refractivity contribution in [2.75, 3.05) is 33.2 Å². The van der Waals surface area contributed by atoms with Crippen LogP contribution in [-0.2, 0) is 10.0 Å². The van der Waals surface area contributed by atoms with E-state index in [9.17, 15) is 13.7 Å². The van der Waals surface area contributed by atoms with Gasteiger partial charge in [0.25, 0.3) is 10.0 Å². The molecule has 144 valence electrons. The highest BCUT2D eigenvalue weighted by atomic mass is 32.2. The second-order valence-electron chi connectivity index (χ2n) is 7.09. The van der Waals surface area contributed by atoms with Crippen LogP contribution in [0.15, 0.2) is 65.7 Å². The number of hydrogen-bond acceptors (Lipinski definition) is 5. The number of fused-ring (bicyclic) bond motifs is 1. The Morgan fingerprint density at radius 3 is 2.29 bits per heavy atom. The van der Waals surface area contributed by atoms with Gasteiger partial charge in [0.2, 0.25) is 0 Å². The Hall–Kier alpha value is -2.66. The minimum atomic E-state index is -3.75. The van der Waals surface area contributed by atoms with Crippen molar-refractivity contribution in [1.29, 1.82) is 5.26 Å². The number of rotatable bonds is 4. The number of benzene rings is 2. The van der Waals surface area contributed by atoms with E-state index in [-0.39, 0.29) is 4.90 Å². The zero-order valence-corrected chi connectivity index (χ0v) is 16.5. The number of nitriles is 1. The Labute approximate surface area is 165 Å². The van der Waals surface area contributed by atoms with Gasteiger partial charge in [0, 0.05) is 43.3 Å². The van der Waals surface area contributed by atoms with Gasteiger partial charge in [-0.05, 0) is 25.2 Å². The zero-order chi connectivity index (χ0) is 19.7. The highest BCUT2D eigenvalue weighted by Crippen LogP contribution is 2.32. The van der Waals surface area contributed by atoms with Gasteiger partial charge in [0.05, 0.1) is 16.5 Å². The van der Waals surface area contributed by atoms with Crippen LogP contribution >= 0.6 is 0 Å². The zero-order valence-electron chi connectivity index (χ0n) is 15.7. The summed E-state index contributed by atoms with van der Waals surface area (Å²) >= 11 is 0. The maximum atomic E-state index is 13.3. The summed E-state index contributed by atoms with van der Waals surface area (Å²) < 4.78 is 27.8. The van der Waals surface area contributed by atoms with Gasteiger partial charge in [-0.3, -0.25) is 4.90 Å². The molecule has 0 aliphatic carbocycles. The monoisotopic (exact) mass is 394 g/mol. The summed E-state index contributed by atoms with van der Waals surface area (Å²) in [7, 11) is -1.68. The van der Waals surface area contributed by atoms with Crippen LogP contribution in [0.2, 0.25) is 0 Å². The van der Waals surface area contributed by atoms with Gasteiger partial charge in [0.1, 0.15) is 6.04 Å². The molecule has 0 bridgehead atoms. The van der Waals surface area contributed by atoms with Gasteiger partial charge in [-0.1, -0.05) is 36.4 Å². The molecule has 1 saturated heterocycles. The Morgan fingerprint density at radius 1 is 0.964 bits per heavy atom. The van der Waals surface area contributed by atoms with Crippen molar-refractivity contribution in [3.8, 4) is 6.07 Å². The lowest BCUT2D eigenvalue weighted by molar-refractivity contribution is 0.133. The SMILES string of the molecule is CN1CCN(C(C#N)c2cn(S(=O)(=O)c3ccccc3)c3ccccc23)CC1. The molecule has 0 spiro atoms. The van der Waals surface area contributed by atoms with Crippen LogP contribution in [0.5, 0.6) is 0 Å². The van der Waals surface area contributed by atoms with Crippen molar-refractivity contribution in [2.45, 2.75) is 10.9 Å². The molecule has 4 rings (SSSR count). The smallest absolute Gasteiger partial charge is 0.268 e. The van der Waals surface area contributed by atoms with E-state index in [2.05, 4.69) is 22.9 Å². The van der Waals surface area contributed by atoms with E-state index in [0.29, 0.717) is 5.52 Å². The van der Waals surface area contributed by atoms with E-state index in [1.807, 2.05) is 18.2 Å². The highest BCUT2D eigenvalue weighted by molar-refractivity contribution is 7.90. The number of likely N-dealkylation sites (N-methyl/N-ethyl adjacent to an activating group) is 1. The first-order valence-electron chi connectivity index (χ1n) is 9.25. The van der Waals surface area contributed by atoms with Crippen LogP contribution in [0, 0.1) is 11.3 Å². The van der Waals surface area contributed by atoms with Crippen LogP contribution in [0.4, 0.5) is 0 Å². The van der Waals surface area contributed by atoms with Crippen molar-refractivity contribution in [3.63, 3.8) is 0 Å². The molecule has 1 atom stereocenters. The van der Waals surface area contributed by atoms with Crippen LogP contribution in [-0.4, -0.2) is 55.4 Å². The van der Waals surface area contributed by atoms with Gasteiger partial charge >= 0.3 is 0 Å². The Balaban J connectivity index is 1.84. The minimum Gasteiger partial charge on any atom is -0.304 e. The molecule has 6 nitrogen and oxygen atoms in total. The molecule has 0 N–H and O–H groups in total. The predicted molar refractivity (Wildman–Crippen MR) is 108 cm³/mol. The quantitative estimate of drug-likeness (QED) is 0.681. The van der Waals surface area contributed by atoms with E-state index < -0.39 is 16.1 Å². The maximum absolute atomic E-state index is 13.3. The molecule has 1 aromatic heterocycles. The number of para-hydroxylation sites is 1. The van der Waals surface area contributed by atoms with Crippen LogP contribution in [0.1, 0.15) is 11.6 Å². The summed E-state index contributed by atoms with van der Waals surface area (Å²) in [5.41, 5.74) is 1.33. The topological polar surface area (TPSA) is 69.3 Å². The summed E-state index contributed by atoms with van der Waals surface area (Å²) in [6.07, 6.45) is 1.62. The van der Waals surface area contributed by atoms with Gasteiger partial charge in [-0.15, -0.1) is 0 Å². The first-order chi connectivity index (χ1) is 13.5. The third-order valence-corrected chi connectivity index (χ3v) is 7.02. The number of hydrogen-bond donors (Lipinski definition) is 0. The molecule has 0 radical (unpaired) electrons. The van der Waals surface area contributed by atoms with Crippen LogP contribution in [0.25, 0.3) is 10.9 Å². The summed E-state index contributed by atoms with van der Waals surface area (Å²) in [6.45, 7) is 3.33. The molecule has 3 aromatic rings. The van der Waals surface area contributed by atoms with E-state index in [1.165, 1.54) is 3.97 Å². The molecular weight excluding hydrogens is 372 g/mol. The molecule has 1 aliphatic heterocycles. The molecule has 1 unspecified atom stereocenters. The molecule has 1 aliphatic rings. The summed E-state index contributed by atoms with van der Waals surface area (Å²) in [5, 5.41) is 10.7. The third kappa shape index (κ3) is 3.20. The van der Waals surface area contributed by atoms with E-state index >= 15 is 0 Å². The second-order valence-corrected chi connectivity index (χ2v) is 8.90. The lowest BCUT2D eigenvalue weighted by Gasteiger charge is -2.35. The van der Waals surface area contributed by atoms with Crippen molar-refractivity contribution in [2.24, 2.45) is 0 Å². The molecule has 1 fully saturated rings. The Morgan fingerprint density at radius 2 is 1.61 bits per heavy atom. The van der Waals surface area contributed by atoms with Crippen LogP contribution < -0.4 is 0 Å². The third-order valence-electron chi connectivity index (χ3n) is 5.33. The molecule has 28 heavy (non-hydrogen) atoms. The maximum Gasteiger partial charge on any atom is 0.268 e. The Bertz CT molecular complexity index is 1120. The van der Waals surface area contributed by atoms with E-state index in [4.69, 9.17) is 0 Å². The van der Waals surface area contributed by atoms with Crippen molar-refractivity contribution >= 4 is 20.9 Å². The largest absolute Gasteiger partial charge is 0.304 e. The predicted octanol–water partition coefficient (Wildman–Crippen LogP) is 2.69. The number of aromatic nitrogens is 1. The average molecular weight is 395 g/mol. The number of nitrogens with zero attached hydrogens (tertiary/aromatic N) is 4. The lowest BCUT2D eigenvalue weighted by atomic mass is 10.0. The van der Waals surface area contributed by atoms with Gasteiger partial charge in [-0.25, -0.2) is 12.4 Å². The Kier molecular flexibility index (Phi) is 4.94. The fraction of sp³-hybridized carbons (Fsp3) is 0.286. The standard InChI is InChI=1S/C21H22N4O2S/c1-23-11-13-24(14-12-23)21(15-22)19-16-25(20-10-6-5-9-18(19)20)28(26,27)17-7-3-2-4-8-17/h2-10,16,21H,11-14H2,1H3. The first kappa shape index (κ1) is 18.7. The first-order valence-corrected chi connectivity index (χ1v) is 10.7. The van der Waals surface area contributed by atoms with Gasteiger partial charge < -0.3 is 4.90 Å². The second kappa shape index (κ2) is 7.40. The highest BCUT2D eigenvalue weighted by Gasteiger charge is 2.29. The lowest BCUT2D eigenvalue weighted by Crippen LogP contribution is -2.45.